The first-order valence-electron chi connectivity index (χ1n) is 7.40. The highest BCUT2D eigenvalue weighted by atomic mass is 79.9. The quantitative estimate of drug-likeness (QED) is 0.304. The van der Waals surface area contributed by atoms with Crippen LogP contribution in [-0.2, 0) is 30.3 Å². The third kappa shape index (κ3) is 3.72. The summed E-state index contributed by atoms with van der Waals surface area (Å²) in [7, 11) is 5.78. The third-order valence-electron chi connectivity index (χ3n) is 4.60. The Balaban J connectivity index is 1.59. The summed E-state index contributed by atoms with van der Waals surface area (Å²) in [6, 6.07) is -0.748. The zero-order chi connectivity index (χ0) is 16.8. The maximum absolute atomic E-state index is 10.3. The lowest BCUT2D eigenvalue weighted by Crippen LogP contribution is -2.45. The van der Waals surface area contributed by atoms with Crippen molar-refractivity contribution in [1.29, 1.82) is 0 Å². The summed E-state index contributed by atoms with van der Waals surface area (Å²) in [6.45, 7) is -3.71. The number of aliphatic hydroxyl groups is 2. The molecule has 7 nitrogen and oxygen atoms in total. The van der Waals surface area contributed by atoms with Crippen molar-refractivity contribution in [2.45, 2.75) is 47.6 Å². The molecular weight excluding hydrogens is 410 g/mol. The van der Waals surface area contributed by atoms with E-state index in [1.165, 1.54) is 0 Å². The number of ether oxygens (including phenoxy) is 2. The molecule has 1 saturated carbocycles. The Bertz CT molecular complexity index is 502. The van der Waals surface area contributed by atoms with Gasteiger partial charge < -0.3 is 29.1 Å². The Morgan fingerprint density at radius 2 is 2.17 bits per heavy atom. The molecule has 11 heteroatoms. The average Bonchev–Trinajstić information content (AvgIpc) is 3.06. The molecule has 2 bridgehead atoms. The maximum atomic E-state index is 10.3. The van der Waals surface area contributed by atoms with Crippen molar-refractivity contribution in [2.75, 3.05) is 19.8 Å². The lowest BCUT2D eigenvalue weighted by Gasteiger charge is -2.30. The molecular formula is C12H19BBrO7PS. The van der Waals surface area contributed by atoms with Crippen LogP contribution in [0.4, 0.5) is 0 Å². The normalized spacial score (nSPS) is 48.7. The molecule has 0 aromatic rings. The van der Waals surface area contributed by atoms with E-state index in [1.807, 2.05) is 0 Å². The average molecular weight is 429 g/mol. The van der Waals surface area contributed by atoms with Crippen LogP contribution in [0.3, 0.4) is 0 Å². The molecule has 130 valence electrons. The van der Waals surface area contributed by atoms with E-state index in [2.05, 4.69) is 15.9 Å². The molecule has 1 aliphatic carbocycles. The summed E-state index contributed by atoms with van der Waals surface area (Å²) in [4.78, 5) is 10.5. The highest BCUT2D eigenvalue weighted by Crippen LogP contribution is 2.53. The van der Waals surface area contributed by atoms with E-state index < -0.39 is 36.6 Å². The molecule has 2 aliphatic heterocycles. The van der Waals surface area contributed by atoms with Gasteiger partial charge in [0.1, 0.15) is 25.7 Å². The van der Waals surface area contributed by atoms with Gasteiger partial charge in [0.2, 0.25) is 0 Å². The fourth-order valence-electron chi connectivity index (χ4n) is 3.32. The van der Waals surface area contributed by atoms with Crippen LogP contribution in [0, 0.1) is 5.92 Å². The van der Waals surface area contributed by atoms with Crippen molar-refractivity contribution in [3.05, 3.63) is 0 Å². The fraction of sp³-hybridized carbons (Fsp3) is 1.00. The number of aliphatic hydroxyl groups excluding tert-OH is 2. The summed E-state index contributed by atoms with van der Waals surface area (Å²) >= 11 is 8.50. The number of rotatable bonds is 6. The molecule has 3 aliphatic rings. The Kier molecular flexibility index (Phi) is 5.62. The molecule has 8 atom stereocenters. The number of hydrogen-bond acceptors (Lipinski definition) is 7. The lowest BCUT2D eigenvalue weighted by molar-refractivity contribution is -0.135. The largest absolute Gasteiger partial charge is 0.393 e. The van der Waals surface area contributed by atoms with Gasteiger partial charge in [-0.3, -0.25) is 4.52 Å². The van der Waals surface area contributed by atoms with Gasteiger partial charge >= 0.3 is 6.72 Å². The van der Waals surface area contributed by atoms with E-state index in [4.69, 9.17) is 38.2 Å². The van der Waals surface area contributed by atoms with Gasteiger partial charge in [-0.1, -0.05) is 15.9 Å². The van der Waals surface area contributed by atoms with E-state index in [0.717, 1.165) is 6.42 Å². The van der Waals surface area contributed by atoms with Crippen LogP contribution in [0.5, 0.6) is 0 Å². The summed E-state index contributed by atoms with van der Waals surface area (Å²) in [5, 5.41) is 19.5. The first kappa shape index (κ1) is 18.7. The van der Waals surface area contributed by atoms with Crippen molar-refractivity contribution in [2.24, 2.45) is 5.92 Å². The summed E-state index contributed by atoms with van der Waals surface area (Å²) in [5.74, 6) is -0.112. The Morgan fingerprint density at radius 3 is 2.74 bits per heavy atom. The predicted octanol–water partition coefficient (Wildman–Crippen LogP) is -0.206. The van der Waals surface area contributed by atoms with E-state index in [1.54, 1.807) is 0 Å². The molecule has 3 N–H and O–H groups in total. The predicted molar refractivity (Wildman–Crippen MR) is 89.0 cm³/mol. The van der Waals surface area contributed by atoms with E-state index in [0.29, 0.717) is 6.42 Å². The number of alkyl halides is 1. The van der Waals surface area contributed by atoms with Gasteiger partial charge in [-0.2, -0.15) is 0 Å². The first-order chi connectivity index (χ1) is 10.8. The standard InChI is InChI=1S/C12H19BBrO7PS/c13-11-9-10(12(4-15,20-11)5-18-9)21-22(17,23)19-3-6-1-7(14)2-8(6)16/h6-11,15-16H,1-5H2,(H,17,23)/t6-,7-,8?,9?,10?,11-,12+,22?/m1/s1. The Hall–Kier alpha value is 0.915. The molecule has 2 radical (unpaired) electrons. The minimum absolute atomic E-state index is 0.105. The molecule has 23 heavy (non-hydrogen) atoms. The van der Waals surface area contributed by atoms with Gasteiger partial charge in [-0.15, -0.1) is 0 Å². The van der Waals surface area contributed by atoms with Crippen LogP contribution in [0.15, 0.2) is 0 Å². The smallest absolute Gasteiger partial charge is 0.325 e. The van der Waals surface area contributed by atoms with Gasteiger partial charge in [0.05, 0.1) is 25.9 Å². The van der Waals surface area contributed by atoms with Crippen molar-refractivity contribution in [1.82, 2.24) is 0 Å². The molecule has 0 amide bonds. The van der Waals surface area contributed by atoms with Gasteiger partial charge in [0.25, 0.3) is 0 Å². The Morgan fingerprint density at radius 1 is 1.43 bits per heavy atom. The number of hydrogen-bond donors (Lipinski definition) is 3. The highest BCUT2D eigenvalue weighted by molar-refractivity contribution is 9.09. The molecule has 3 fully saturated rings. The van der Waals surface area contributed by atoms with Gasteiger partial charge in [-0.25, -0.2) is 0 Å². The summed E-state index contributed by atoms with van der Waals surface area (Å²) in [5.41, 5.74) is -1.12. The highest BCUT2D eigenvalue weighted by Gasteiger charge is 2.61. The number of fused-ring (bicyclic) bond motifs is 2. The minimum Gasteiger partial charge on any atom is -0.393 e. The van der Waals surface area contributed by atoms with Crippen LogP contribution in [0.2, 0.25) is 0 Å². The van der Waals surface area contributed by atoms with E-state index in [9.17, 15) is 15.1 Å². The monoisotopic (exact) mass is 428 g/mol. The van der Waals surface area contributed by atoms with Gasteiger partial charge in [-0.05, 0) is 24.6 Å². The Labute approximate surface area is 149 Å². The van der Waals surface area contributed by atoms with E-state index >= 15 is 0 Å². The molecule has 0 spiro atoms. The van der Waals surface area contributed by atoms with Crippen molar-refractivity contribution in [3.8, 4) is 0 Å². The van der Waals surface area contributed by atoms with Gasteiger partial charge in [0, 0.05) is 16.7 Å². The van der Waals surface area contributed by atoms with Crippen LogP contribution in [0.25, 0.3) is 0 Å². The van der Waals surface area contributed by atoms with E-state index in [-0.39, 0.29) is 30.6 Å². The number of halogens is 1. The van der Waals surface area contributed by atoms with Crippen LogP contribution >= 0.6 is 22.6 Å². The van der Waals surface area contributed by atoms with Crippen LogP contribution in [0.1, 0.15) is 12.8 Å². The molecule has 0 aromatic heterocycles. The van der Waals surface area contributed by atoms with Crippen molar-refractivity contribution < 1.29 is 33.6 Å². The zero-order valence-electron chi connectivity index (χ0n) is 12.3. The molecule has 3 rings (SSSR count). The van der Waals surface area contributed by atoms with Crippen molar-refractivity contribution >= 4 is 42.3 Å². The fourth-order valence-corrected chi connectivity index (χ4v) is 5.68. The topological polar surface area (TPSA) is 97.6 Å². The first-order valence-corrected chi connectivity index (χ1v) is 10.9. The maximum Gasteiger partial charge on any atom is 0.325 e. The third-order valence-corrected chi connectivity index (χ3v) is 6.89. The van der Waals surface area contributed by atoms with Crippen LogP contribution < -0.4 is 0 Å². The minimum atomic E-state index is -3.58. The SMILES string of the molecule is [B][C@@H]1O[C@@]2(CO)COC1C2OP(O)(=S)OC[C@H]1C[C@@H](Br)CC1O. The molecule has 2 saturated heterocycles. The second-order valence-corrected chi connectivity index (χ2v) is 10.4. The molecule has 0 aromatic carbocycles. The lowest BCUT2D eigenvalue weighted by atomic mass is 9.92. The zero-order valence-corrected chi connectivity index (χ0v) is 15.6. The second kappa shape index (κ2) is 6.91. The van der Waals surface area contributed by atoms with Gasteiger partial charge in [0.15, 0.2) is 0 Å². The second-order valence-electron chi connectivity index (χ2n) is 6.27. The van der Waals surface area contributed by atoms with Crippen molar-refractivity contribution in [3.63, 3.8) is 0 Å². The molecule has 4 unspecified atom stereocenters. The molecule has 2 heterocycles. The summed E-state index contributed by atoms with van der Waals surface area (Å²) in [6.07, 6.45) is -0.515. The summed E-state index contributed by atoms with van der Waals surface area (Å²) < 4.78 is 21.9. The van der Waals surface area contributed by atoms with Crippen LogP contribution in [-0.4, -0.2) is 77.5 Å².